The summed E-state index contributed by atoms with van der Waals surface area (Å²) < 4.78 is 0. The normalized spacial score (nSPS) is 30.7. The van der Waals surface area contributed by atoms with Gasteiger partial charge >= 0.3 is 5.97 Å². The van der Waals surface area contributed by atoms with Crippen LogP contribution in [0.15, 0.2) is 36.9 Å². The van der Waals surface area contributed by atoms with Gasteiger partial charge < -0.3 is 15.7 Å². The molecule has 0 amide bonds. The molecule has 3 N–H and O–H groups in total. The van der Waals surface area contributed by atoms with Gasteiger partial charge in [0.05, 0.1) is 23.0 Å². The van der Waals surface area contributed by atoms with Crippen molar-refractivity contribution >= 4 is 17.3 Å². The summed E-state index contributed by atoms with van der Waals surface area (Å²) in [7, 11) is 0. The fourth-order valence-electron chi connectivity index (χ4n) is 6.31. The number of carboxylic acid groups (broad SMARTS) is 1. The molecule has 0 radical (unpaired) electrons. The minimum Gasteiger partial charge on any atom is -0.478 e. The number of aromatic nitrogens is 2. The third-order valence-corrected chi connectivity index (χ3v) is 7.16. The first-order chi connectivity index (χ1) is 14.0. The standard InChI is InChI=1S/C23H28N4O2/c1-14(19-11-24-13-25-12-19)26-21-7-18(22(28)29)2-3-20(21)27-23-8-15-4-16(9-23)6-17(5-15)10-23/h2-3,7,11-17,26-27H,4-6,8-10H2,1H3,(H,28,29). The van der Waals surface area contributed by atoms with E-state index in [1.165, 1.54) is 44.9 Å². The molecule has 6 nitrogen and oxygen atoms in total. The molecule has 1 heterocycles. The van der Waals surface area contributed by atoms with E-state index in [0.717, 1.165) is 34.7 Å². The molecule has 29 heavy (non-hydrogen) atoms. The molecule has 2 aromatic rings. The van der Waals surface area contributed by atoms with Gasteiger partial charge in [-0.1, -0.05) is 0 Å². The first kappa shape index (κ1) is 18.4. The third-order valence-electron chi connectivity index (χ3n) is 7.16. The van der Waals surface area contributed by atoms with Gasteiger partial charge in [-0.25, -0.2) is 14.8 Å². The Bertz CT molecular complexity index is 879. The average Bonchev–Trinajstić information content (AvgIpc) is 2.68. The van der Waals surface area contributed by atoms with Crippen molar-refractivity contribution in [3.8, 4) is 0 Å². The number of benzene rings is 1. The van der Waals surface area contributed by atoms with Crippen molar-refractivity contribution in [3.63, 3.8) is 0 Å². The Balaban J connectivity index is 1.44. The van der Waals surface area contributed by atoms with Crippen LogP contribution in [0, 0.1) is 17.8 Å². The van der Waals surface area contributed by atoms with Gasteiger partial charge in [0.25, 0.3) is 0 Å². The summed E-state index contributed by atoms with van der Waals surface area (Å²) in [5.41, 5.74) is 3.25. The number of nitrogens with zero attached hydrogens (tertiary/aromatic N) is 2. The Morgan fingerprint density at radius 1 is 1.07 bits per heavy atom. The molecule has 6 rings (SSSR count). The number of rotatable bonds is 6. The first-order valence-electron chi connectivity index (χ1n) is 10.7. The molecule has 4 bridgehead atoms. The molecule has 0 spiro atoms. The minimum atomic E-state index is -0.912. The molecule has 152 valence electrons. The lowest BCUT2D eigenvalue weighted by molar-refractivity contribution is 0.0107. The molecule has 1 aromatic heterocycles. The quantitative estimate of drug-likeness (QED) is 0.659. The summed E-state index contributed by atoms with van der Waals surface area (Å²) in [6, 6.07) is 5.34. The van der Waals surface area contributed by atoms with Crippen molar-refractivity contribution in [3.05, 3.63) is 48.0 Å². The van der Waals surface area contributed by atoms with Crippen LogP contribution in [0.5, 0.6) is 0 Å². The number of hydrogen-bond donors (Lipinski definition) is 3. The Morgan fingerprint density at radius 3 is 2.28 bits per heavy atom. The number of hydrogen-bond acceptors (Lipinski definition) is 5. The topological polar surface area (TPSA) is 87.1 Å². The largest absolute Gasteiger partial charge is 0.478 e. The van der Waals surface area contributed by atoms with Gasteiger partial charge in [-0.3, -0.25) is 0 Å². The average molecular weight is 393 g/mol. The molecule has 1 aromatic carbocycles. The number of aromatic carboxylic acids is 1. The number of carboxylic acids is 1. The van der Waals surface area contributed by atoms with Gasteiger partial charge in [0.15, 0.2) is 0 Å². The smallest absolute Gasteiger partial charge is 0.335 e. The lowest BCUT2D eigenvalue weighted by Gasteiger charge is -2.57. The summed E-state index contributed by atoms with van der Waals surface area (Å²) in [6.07, 6.45) is 13.0. The summed E-state index contributed by atoms with van der Waals surface area (Å²) in [5.74, 6) is 1.64. The molecule has 4 aliphatic rings. The zero-order chi connectivity index (χ0) is 20.0. The van der Waals surface area contributed by atoms with Crippen LogP contribution < -0.4 is 10.6 Å². The molecule has 6 heteroatoms. The fraction of sp³-hybridized carbons (Fsp3) is 0.522. The van der Waals surface area contributed by atoms with E-state index < -0.39 is 5.97 Å². The highest BCUT2D eigenvalue weighted by molar-refractivity contribution is 5.91. The zero-order valence-corrected chi connectivity index (χ0v) is 16.8. The van der Waals surface area contributed by atoms with Crippen LogP contribution >= 0.6 is 0 Å². The summed E-state index contributed by atoms with van der Waals surface area (Å²) in [6.45, 7) is 2.04. The van der Waals surface area contributed by atoms with E-state index in [9.17, 15) is 9.90 Å². The van der Waals surface area contributed by atoms with E-state index in [1.807, 2.05) is 13.0 Å². The molecule has 1 atom stereocenters. The minimum absolute atomic E-state index is 0.0304. The van der Waals surface area contributed by atoms with Crippen molar-refractivity contribution in [2.24, 2.45) is 17.8 Å². The Morgan fingerprint density at radius 2 is 1.69 bits per heavy atom. The van der Waals surface area contributed by atoms with Crippen molar-refractivity contribution in [2.45, 2.75) is 57.0 Å². The second-order valence-electron chi connectivity index (χ2n) is 9.43. The van der Waals surface area contributed by atoms with Crippen LogP contribution in [0.2, 0.25) is 0 Å². The third kappa shape index (κ3) is 3.56. The highest BCUT2D eigenvalue weighted by atomic mass is 16.4. The van der Waals surface area contributed by atoms with Crippen LogP contribution in [-0.4, -0.2) is 26.6 Å². The number of anilines is 2. The van der Waals surface area contributed by atoms with Gasteiger partial charge in [0.2, 0.25) is 0 Å². The van der Waals surface area contributed by atoms with E-state index in [0.29, 0.717) is 5.56 Å². The monoisotopic (exact) mass is 392 g/mol. The predicted octanol–water partition coefficient (Wildman–Crippen LogP) is 4.73. The van der Waals surface area contributed by atoms with Crippen LogP contribution in [-0.2, 0) is 0 Å². The molecular weight excluding hydrogens is 364 g/mol. The Labute approximate surface area is 171 Å². The van der Waals surface area contributed by atoms with Crippen molar-refractivity contribution < 1.29 is 9.90 Å². The molecule has 0 saturated heterocycles. The number of nitrogens with one attached hydrogen (secondary N) is 2. The molecule has 4 saturated carbocycles. The molecular formula is C23H28N4O2. The molecule has 4 fully saturated rings. The Kier molecular flexibility index (Phi) is 4.45. The lowest BCUT2D eigenvalue weighted by Crippen LogP contribution is -2.54. The van der Waals surface area contributed by atoms with Crippen molar-refractivity contribution in [1.29, 1.82) is 0 Å². The lowest BCUT2D eigenvalue weighted by atomic mass is 9.53. The van der Waals surface area contributed by atoms with Crippen LogP contribution in [0.25, 0.3) is 0 Å². The molecule has 4 aliphatic carbocycles. The van der Waals surface area contributed by atoms with Crippen molar-refractivity contribution in [2.75, 3.05) is 10.6 Å². The van der Waals surface area contributed by atoms with Gasteiger partial charge in [-0.05, 0) is 81.4 Å². The molecule has 1 unspecified atom stereocenters. The summed E-state index contributed by atoms with van der Waals surface area (Å²) in [5, 5.41) is 16.9. The van der Waals surface area contributed by atoms with Gasteiger partial charge in [0.1, 0.15) is 6.33 Å². The van der Waals surface area contributed by atoms with Gasteiger partial charge in [-0.15, -0.1) is 0 Å². The van der Waals surface area contributed by atoms with E-state index in [2.05, 4.69) is 20.6 Å². The maximum absolute atomic E-state index is 11.6. The predicted molar refractivity (Wildman–Crippen MR) is 112 cm³/mol. The summed E-state index contributed by atoms with van der Waals surface area (Å²) in [4.78, 5) is 19.8. The second-order valence-corrected chi connectivity index (χ2v) is 9.43. The van der Waals surface area contributed by atoms with Crippen LogP contribution in [0.4, 0.5) is 11.4 Å². The number of carbonyl (C=O) groups is 1. The van der Waals surface area contributed by atoms with E-state index >= 15 is 0 Å². The van der Waals surface area contributed by atoms with E-state index in [4.69, 9.17) is 0 Å². The fourth-order valence-corrected chi connectivity index (χ4v) is 6.31. The molecule has 0 aliphatic heterocycles. The maximum atomic E-state index is 11.6. The van der Waals surface area contributed by atoms with Gasteiger partial charge in [-0.2, -0.15) is 0 Å². The maximum Gasteiger partial charge on any atom is 0.335 e. The van der Waals surface area contributed by atoms with Gasteiger partial charge in [0, 0.05) is 23.5 Å². The Hall–Kier alpha value is -2.63. The SMILES string of the molecule is CC(Nc1cc(C(=O)O)ccc1NC12CC3CC(CC(C3)C1)C2)c1cncnc1. The second kappa shape index (κ2) is 7.01. The highest BCUT2D eigenvalue weighted by Crippen LogP contribution is 2.57. The summed E-state index contributed by atoms with van der Waals surface area (Å²) >= 11 is 0. The van der Waals surface area contributed by atoms with Crippen LogP contribution in [0.1, 0.15) is 67.4 Å². The zero-order valence-electron chi connectivity index (χ0n) is 16.8. The highest BCUT2D eigenvalue weighted by Gasteiger charge is 2.51. The first-order valence-corrected chi connectivity index (χ1v) is 10.7. The van der Waals surface area contributed by atoms with E-state index in [-0.39, 0.29) is 11.6 Å². The van der Waals surface area contributed by atoms with Crippen molar-refractivity contribution in [1.82, 2.24) is 9.97 Å². The van der Waals surface area contributed by atoms with E-state index in [1.54, 1.807) is 24.5 Å². The van der Waals surface area contributed by atoms with Crippen LogP contribution in [0.3, 0.4) is 0 Å².